The Balaban J connectivity index is 1.12. The third kappa shape index (κ3) is 8.44. The van der Waals surface area contributed by atoms with E-state index in [4.69, 9.17) is 27.9 Å². The zero-order valence-electron chi connectivity index (χ0n) is 27.5. The Morgan fingerprint density at radius 1 is 0.837 bits per heavy atom. The first kappa shape index (κ1) is 34.5. The molecule has 49 heavy (non-hydrogen) atoms. The molecule has 8 nitrogen and oxygen atoms in total. The molecule has 1 fully saturated rings. The van der Waals surface area contributed by atoms with E-state index in [1.165, 1.54) is 12.7 Å². The van der Waals surface area contributed by atoms with Crippen molar-refractivity contribution in [3.05, 3.63) is 123 Å². The molecular formula is C39H40Cl2N4O4. The number of fused-ring (bicyclic) bond motifs is 1. The lowest BCUT2D eigenvalue weighted by Crippen LogP contribution is -2.44. The van der Waals surface area contributed by atoms with Gasteiger partial charge in [-0.1, -0.05) is 65.7 Å². The van der Waals surface area contributed by atoms with Gasteiger partial charge in [0.25, 0.3) is 11.8 Å². The van der Waals surface area contributed by atoms with Gasteiger partial charge in [0.05, 0.1) is 23.3 Å². The number of methoxy groups -OCH3 is 1. The molecule has 2 N–H and O–H groups in total. The van der Waals surface area contributed by atoms with Gasteiger partial charge in [-0.15, -0.1) is 0 Å². The summed E-state index contributed by atoms with van der Waals surface area (Å²) in [6, 6.07) is 27.9. The average molecular weight is 700 g/mol. The molecule has 0 aliphatic carbocycles. The Morgan fingerprint density at radius 3 is 2.35 bits per heavy atom. The molecule has 1 unspecified atom stereocenters. The Hall–Kier alpha value is -4.37. The van der Waals surface area contributed by atoms with Crippen LogP contribution in [-0.2, 0) is 11.3 Å². The number of nitrogens with zero attached hydrogens (tertiary/aromatic N) is 2. The molecule has 0 radical (unpaired) electrons. The molecule has 2 aliphatic rings. The number of carbonyl (C=O) groups is 3. The van der Waals surface area contributed by atoms with Crippen LogP contribution in [-0.4, -0.2) is 55.4 Å². The monoisotopic (exact) mass is 698 g/mol. The van der Waals surface area contributed by atoms with Gasteiger partial charge in [-0.05, 0) is 85.2 Å². The minimum absolute atomic E-state index is 0.0216. The topological polar surface area (TPSA) is 91.0 Å². The Labute approximate surface area is 297 Å². The average Bonchev–Trinajstić information content (AvgIpc) is 3.28. The molecule has 2 aliphatic heterocycles. The van der Waals surface area contributed by atoms with Gasteiger partial charge in [-0.2, -0.15) is 0 Å². The van der Waals surface area contributed by atoms with Crippen LogP contribution in [0.15, 0.2) is 91.0 Å². The van der Waals surface area contributed by atoms with E-state index < -0.39 is 0 Å². The molecule has 10 heteroatoms. The zero-order chi connectivity index (χ0) is 34.3. The number of ether oxygens (including phenoxy) is 1. The van der Waals surface area contributed by atoms with Crippen molar-refractivity contribution in [2.75, 3.05) is 37.0 Å². The highest BCUT2D eigenvalue weighted by atomic mass is 35.5. The fourth-order valence-electron chi connectivity index (χ4n) is 6.82. The summed E-state index contributed by atoms with van der Waals surface area (Å²) < 4.78 is 5.63. The summed E-state index contributed by atoms with van der Waals surface area (Å²) in [6.07, 6.45) is 3.60. The molecule has 4 aromatic carbocycles. The molecule has 1 atom stereocenters. The number of anilines is 2. The molecule has 0 spiro atoms. The number of rotatable bonds is 9. The van der Waals surface area contributed by atoms with Crippen molar-refractivity contribution in [3.8, 4) is 5.75 Å². The van der Waals surface area contributed by atoms with E-state index in [-0.39, 0.29) is 29.7 Å². The van der Waals surface area contributed by atoms with Crippen molar-refractivity contribution in [1.29, 1.82) is 0 Å². The van der Waals surface area contributed by atoms with Gasteiger partial charge >= 0.3 is 0 Å². The predicted molar refractivity (Wildman–Crippen MR) is 195 cm³/mol. The predicted octanol–water partition coefficient (Wildman–Crippen LogP) is 7.95. The van der Waals surface area contributed by atoms with E-state index >= 15 is 0 Å². The summed E-state index contributed by atoms with van der Waals surface area (Å²) in [4.78, 5) is 44.6. The third-order valence-corrected chi connectivity index (χ3v) is 9.91. The lowest BCUT2D eigenvalue weighted by molar-refractivity contribution is -0.122. The molecule has 0 aromatic heterocycles. The van der Waals surface area contributed by atoms with Crippen molar-refractivity contribution in [2.45, 2.75) is 50.6 Å². The molecule has 4 aromatic rings. The first-order valence-corrected chi connectivity index (χ1v) is 17.5. The molecule has 0 bridgehead atoms. The molecule has 0 saturated carbocycles. The molecule has 1 saturated heterocycles. The summed E-state index contributed by atoms with van der Waals surface area (Å²) in [5.74, 6) is -0.347. The number of amides is 3. The second-order valence-electron chi connectivity index (χ2n) is 12.7. The van der Waals surface area contributed by atoms with Crippen LogP contribution in [0.5, 0.6) is 5.75 Å². The summed E-state index contributed by atoms with van der Waals surface area (Å²) in [5.41, 5.74) is 4.08. The summed E-state index contributed by atoms with van der Waals surface area (Å²) in [5, 5.41) is 7.02. The van der Waals surface area contributed by atoms with Crippen LogP contribution in [0.1, 0.15) is 69.9 Å². The lowest BCUT2D eigenvalue weighted by Gasteiger charge is -2.32. The Bertz CT molecular complexity index is 1810. The normalized spacial score (nSPS) is 16.7. The second-order valence-corrected chi connectivity index (χ2v) is 13.5. The van der Waals surface area contributed by atoms with E-state index in [1.807, 2.05) is 18.2 Å². The number of piperidine rings is 1. The van der Waals surface area contributed by atoms with Gasteiger partial charge in [0.15, 0.2) is 0 Å². The van der Waals surface area contributed by atoms with Crippen LogP contribution in [0, 0.1) is 0 Å². The van der Waals surface area contributed by atoms with E-state index in [0.717, 1.165) is 50.1 Å². The van der Waals surface area contributed by atoms with Gasteiger partial charge in [0.1, 0.15) is 5.75 Å². The minimum atomic E-state index is -0.367. The maximum absolute atomic E-state index is 14.1. The highest BCUT2D eigenvalue weighted by Crippen LogP contribution is 2.39. The number of hydrogen-bond donors (Lipinski definition) is 2. The molecule has 6 rings (SSSR count). The standard InChI is InChI=1S/C39H40Cl2N4O4/c1-49-36-24-30(43-38(47)31-11-5-6-12-34(31)41)14-15-32(36)39(48)45-19-7-10-27(33-23-28(40)13-16-35(33)45)22-37(46)42-29-17-20-44(21-18-29)25-26-8-3-2-4-9-26/h2-6,8-9,11-16,23-24,27,29H,7,10,17-22,25H2,1H3,(H,42,46)(H,43,47). The van der Waals surface area contributed by atoms with Crippen LogP contribution < -0.4 is 20.3 Å². The van der Waals surface area contributed by atoms with Gasteiger partial charge in [-0.25, -0.2) is 0 Å². The number of hydrogen-bond acceptors (Lipinski definition) is 5. The maximum Gasteiger partial charge on any atom is 0.262 e. The van der Waals surface area contributed by atoms with E-state index in [1.54, 1.807) is 53.4 Å². The SMILES string of the molecule is COc1cc(NC(=O)c2ccccc2Cl)ccc1C(=O)N1CCCC(CC(=O)NC2CCN(Cc3ccccc3)CC2)c2cc(Cl)ccc21. The fraction of sp³-hybridized carbons (Fsp3) is 0.308. The Kier molecular flexibility index (Phi) is 11.2. The van der Waals surface area contributed by atoms with Crippen LogP contribution in [0.2, 0.25) is 10.0 Å². The summed E-state index contributed by atoms with van der Waals surface area (Å²) in [6.45, 7) is 3.28. The number of likely N-dealkylation sites (tertiary alicyclic amines) is 1. The summed E-state index contributed by atoms with van der Waals surface area (Å²) >= 11 is 12.7. The lowest BCUT2D eigenvalue weighted by atomic mass is 9.90. The van der Waals surface area contributed by atoms with Gasteiger partial charge < -0.3 is 20.3 Å². The van der Waals surface area contributed by atoms with Gasteiger partial charge in [0, 0.05) is 61.1 Å². The second kappa shape index (κ2) is 15.9. The molecule has 3 amide bonds. The first-order valence-electron chi connectivity index (χ1n) is 16.7. The quantitative estimate of drug-likeness (QED) is 0.185. The maximum atomic E-state index is 14.1. The van der Waals surface area contributed by atoms with Crippen LogP contribution in [0.4, 0.5) is 11.4 Å². The van der Waals surface area contributed by atoms with Gasteiger partial charge in [0.2, 0.25) is 5.91 Å². The van der Waals surface area contributed by atoms with E-state index in [2.05, 4.69) is 39.8 Å². The van der Waals surface area contributed by atoms with Crippen molar-refractivity contribution in [1.82, 2.24) is 10.2 Å². The van der Waals surface area contributed by atoms with E-state index in [0.29, 0.717) is 52.0 Å². The number of benzene rings is 4. The first-order chi connectivity index (χ1) is 23.8. The zero-order valence-corrected chi connectivity index (χ0v) is 29.0. The highest BCUT2D eigenvalue weighted by molar-refractivity contribution is 6.34. The number of halogens is 2. The smallest absolute Gasteiger partial charge is 0.262 e. The number of carbonyl (C=O) groups excluding carboxylic acids is 3. The molecular weight excluding hydrogens is 659 g/mol. The van der Waals surface area contributed by atoms with Crippen molar-refractivity contribution < 1.29 is 19.1 Å². The van der Waals surface area contributed by atoms with Crippen molar-refractivity contribution in [2.24, 2.45) is 0 Å². The van der Waals surface area contributed by atoms with Crippen LogP contribution in [0.3, 0.4) is 0 Å². The largest absolute Gasteiger partial charge is 0.496 e. The van der Waals surface area contributed by atoms with Gasteiger partial charge in [-0.3, -0.25) is 19.3 Å². The van der Waals surface area contributed by atoms with E-state index in [9.17, 15) is 14.4 Å². The van der Waals surface area contributed by atoms with Crippen molar-refractivity contribution in [3.63, 3.8) is 0 Å². The highest BCUT2D eigenvalue weighted by Gasteiger charge is 2.31. The molecule has 254 valence electrons. The summed E-state index contributed by atoms with van der Waals surface area (Å²) in [7, 11) is 1.49. The van der Waals surface area contributed by atoms with Crippen LogP contribution in [0.25, 0.3) is 0 Å². The third-order valence-electron chi connectivity index (χ3n) is 9.34. The fourth-order valence-corrected chi connectivity index (χ4v) is 7.22. The minimum Gasteiger partial charge on any atom is -0.496 e. The molecule has 2 heterocycles. The Morgan fingerprint density at radius 2 is 1.59 bits per heavy atom. The van der Waals surface area contributed by atoms with Crippen LogP contribution >= 0.6 is 23.2 Å². The van der Waals surface area contributed by atoms with Crippen molar-refractivity contribution >= 4 is 52.3 Å². The number of nitrogens with one attached hydrogen (secondary N) is 2.